The van der Waals surface area contributed by atoms with Gasteiger partial charge in [0, 0.05) is 12.8 Å². The Hall–Kier alpha value is -3.60. The summed E-state index contributed by atoms with van der Waals surface area (Å²) in [6, 6.07) is -1.57. The monoisotopic (exact) mass is 888 g/mol. The molecule has 0 rings (SSSR count). The van der Waals surface area contributed by atoms with Crippen LogP contribution in [0.1, 0.15) is 168 Å². The fraction of sp³-hybridized carbons (Fsp3) is 0.620. The molecular weight excluding hydrogens is 806 g/mol. The minimum absolute atomic E-state index is 0.0996. The molecule has 0 saturated heterocycles. The molecule has 0 bridgehead atoms. The molecule has 1 amide bonds. The van der Waals surface area contributed by atoms with E-state index in [1.54, 1.807) is 0 Å². The van der Waals surface area contributed by atoms with E-state index in [1.807, 2.05) is 0 Å². The number of carbonyl (C=O) groups excluding carboxylic acids is 2. The zero-order valence-electron chi connectivity index (χ0n) is 38.1. The molecule has 0 aliphatic rings. The second-order valence-corrected chi connectivity index (χ2v) is 16.7. The van der Waals surface area contributed by atoms with Gasteiger partial charge >= 0.3 is 19.8 Å². The van der Waals surface area contributed by atoms with Gasteiger partial charge in [0.2, 0.25) is 5.91 Å². The molecule has 0 aliphatic heterocycles. The van der Waals surface area contributed by atoms with E-state index in [0.717, 1.165) is 103 Å². The smallest absolute Gasteiger partial charge is 0.472 e. The van der Waals surface area contributed by atoms with E-state index in [2.05, 4.69) is 116 Å². The summed E-state index contributed by atoms with van der Waals surface area (Å²) in [6.45, 7) is 2.40. The van der Waals surface area contributed by atoms with Crippen molar-refractivity contribution < 1.29 is 47.8 Å². The normalized spacial score (nSPS) is 14.5. The summed E-state index contributed by atoms with van der Waals surface area (Å²) in [6.07, 6.45) is 55.7. The zero-order valence-corrected chi connectivity index (χ0v) is 39.0. The van der Waals surface area contributed by atoms with Gasteiger partial charge in [-0.05, 0) is 96.3 Å². The number of aliphatic carboxylic acids is 1. The van der Waals surface area contributed by atoms with Gasteiger partial charge in [-0.2, -0.15) is 0 Å². The number of nitrogens with one attached hydrogen (secondary N) is 1. The number of carbonyl (C=O) groups is 3. The highest BCUT2D eigenvalue weighted by Gasteiger charge is 2.28. The highest BCUT2D eigenvalue weighted by molar-refractivity contribution is 7.47. The number of esters is 1. The minimum Gasteiger partial charge on any atom is -0.480 e. The van der Waals surface area contributed by atoms with Gasteiger partial charge in [-0.25, -0.2) is 9.36 Å². The van der Waals surface area contributed by atoms with Gasteiger partial charge < -0.3 is 25.2 Å². The molecule has 0 heterocycles. The molecule has 11 nitrogen and oxygen atoms in total. The number of aliphatic hydroxyl groups is 1. The number of hydrogen-bond donors (Lipinski definition) is 4. The number of unbranched alkanes of at least 4 members (excludes halogenated alkanes) is 12. The molecule has 0 radical (unpaired) electrons. The third kappa shape index (κ3) is 43.1. The lowest BCUT2D eigenvalue weighted by molar-refractivity contribution is -0.147. The Bertz CT molecular complexity index is 1410. The van der Waals surface area contributed by atoms with Crippen LogP contribution in [0.2, 0.25) is 0 Å². The fourth-order valence-corrected chi connectivity index (χ4v) is 6.53. The Labute approximate surface area is 374 Å². The van der Waals surface area contributed by atoms with E-state index in [0.29, 0.717) is 12.8 Å². The zero-order chi connectivity index (χ0) is 45.6. The Kier molecular flexibility index (Phi) is 41.5. The number of hydrogen-bond acceptors (Lipinski definition) is 8. The molecule has 0 aliphatic carbocycles. The number of phosphoric acid groups is 1. The van der Waals surface area contributed by atoms with Gasteiger partial charge in [0.15, 0.2) is 6.04 Å². The Morgan fingerprint density at radius 3 is 1.42 bits per heavy atom. The number of aliphatic hydroxyl groups excluding tert-OH is 1. The van der Waals surface area contributed by atoms with Crippen LogP contribution < -0.4 is 5.32 Å². The van der Waals surface area contributed by atoms with Crippen LogP contribution in [-0.2, 0) is 32.7 Å². The van der Waals surface area contributed by atoms with E-state index >= 15 is 0 Å². The average molecular weight is 888 g/mol. The Morgan fingerprint density at radius 2 is 0.935 bits per heavy atom. The van der Waals surface area contributed by atoms with Gasteiger partial charge in [0.25, 0.3) is 0 Å². The van der Waals surface area contributed by atoms with Crippen LogP contribution in [0.25, 0.3) is 0 Å². The van der Waals surface area contributed by atoms with Gasteiger partial charge in [-0.1, -0.05) is 156 Å². The first kappa shape index (κ1) is 58.4. The van der Waals surface area contributed by atoms with E-state index in [1.165, 1.54) is 25.7 Å². The second-order valence-electron chi connectivity index (χ2n) is 15.2. The molecule has 12 heteroatoms. The van der Waals surface area contributed by atoms with Crippen LogP contribution in [-0.4, -0.2) is 64.9 Å². The van der Waals surface area contributed by atoms with Crippen LogP contribution in [0.4, 0.5) is 0 Å². The van der Waals surface area contributed by atoms with Crippen molar-refractivity contribution in [3.05, 3.63) is 97.2 Å². The minimum atomic E-state index is -4.78. The van der Waals surface area contributed by atoms with Crippen molar-refractivity contribution in [2.75, 3.05) is 19.8 Å². The van der Waals surface area contributed by atoms with Gasteiger partial charge in [0.1, 0.15) is 12.7 Å². The summed E-state index contributed by atoms with van der Waals surface area (Å²) < 4.78 is 26.9. The van der Waals surface area contributed by atoms with Crippen molar-refractivity contribution in [1.29, 1.82) is 0 Å². The van der Waals surface area contributed by atoms with Crippen molar-refractivity contribution in [3.63, 3.8) is 0 Å². The van der Waals surface area contributed by atoms with E-state index in [9.17, 15) is 34.1 Å². The van der Waals surface area contributed by atoms with Crippen molar-refractivity contribution in [1.82, 2.24) is 5.32 Å². The van der Waals surface area contributed by atoms with Crippen molar-refractivity contribution in [3.8, 4) is 0 Å². The molecule has 0 fully saturated rings. The van der Waals surface area contributed by atoms with E-state index < -0.39 is 57.6 Å². The maximum Gasteiger partial charge on any atom is 0.472 e. The summed E-state index contributed by atoms with van der Waals surface area (Å²) in [5, 5.41) is 21.8. The molecule has 62 heavy (non-hydrogen) atoms. The van der Waals surface area contributed by atoms with Crippen LogP contribution in [0.5, 0.6) is 0 Å². The molecule has 0 aromatic rings. The van der Waals surface area contributed by atoms with Crippen LogP contribution in [0.15, 0.2) is 97.2 Å². The number of rotatable bonds is 42. The lowest BCUT2D eigenvalue weighted by atomic mass is 10.1. The predicted molar refractivity (Wildman–Crippen MR) is 254 cm³/mol. The van der Waals surface area contributed by atoms with Crippen molar-refractivity contribution >= 4 is 25.7 Å². The van der Waals surface area contributed by atoms with E-state index in [-0.39, 0.29) is 12.8 Å². The van der Waals surface area contributed by atoms with Crippen molar-refractivity contribution in [2.24, 2.45) is 0 Å². The first-order valence-electron chi connectivity index (χ1n) is 23.3. The molecule has 4 N–H and O–H groups in total. The third-order valence-electron chi connectivity index (χ3n) is 9.36. The maximum absolute atomic E-state index is 12.3. The SMILES string of the molecule is CC/C=C\C/C=C\C/C=C\C/C=C\C/C=C\CCCCCC(=O)NC(COP(=O)(O)OCC(O)COC(=O)CCCCCCCC/C=C\C/C=C\C/C=C\CCCCC)C(=O)O. The van der Waals surface area contributed by atoms with Crippen LogP contribution in [0.3, 0.4) is 0 Å². The number of amides is 1. The largest absolute Gasteiger partial charge is 0.480 e. The molecule has 352 valence electrons. The van der Waals surface area contributed by atoms with Crippen LogP contribution >= 0.6 is 7.82 Å². The number of allylic oxidation sites excluding steroid dienone is 16. The maximum atomic E-state index is 12.3. The summed E-state index contributed by atoms with van der Waals surface area (Å²) in [7, 11) is -4.78. The molecule has 0 spiro atoms. The lowest BCUT2D eigenvalue weighted by Crippen LogP contribution is -2.43. The summed E-state index contributed by atoms with van der Waals surface area (Å²) in [5.41, 5.74) is 0. The number of carboxylic acids is 1. The lowest BCUT2D eigenvalue weighted by Gasteiger charge is -2.18. The fourth-order valence-electron chi connectivity index (χ4n) is 5.76. The second kappa shape index (κ2) is 44.0. The summed E-state index contributed by atoms with van der Waals surface area (Å²) in [4.78, 5) is 46.0. The summed E-state index contributed by atoms with van der Waals surface area (Å²) >= 11 is 0. The molecular formula is C50H82NO10P. The molecule has 3 unspecified atom stereocenters. The first-order chi connectivity index (χ1) is 30.1. The Morgan fingerprint density at radius 1 is 0.532 bits per heavy atom. The van der Waals surface area contributed by atoms with Gasteiger partial charge in [-0.3, -0.25) is 18.6 Å². The molecule has 0 aromatic carbocycles. The standard InChI is InChI=1S/C50H82NO10P/c1-3-5-7-9-11-13-15-17-19-21-23-25-27-29-31-33-35-37-39-41-48(53)51-47(50(55)56)45-61-62(57,58)60-44-46(52)43-59-49(54)42-40-38-36-34-32-30-28-26-24-22-20-18-16-14-12-10-8-6-4-2/h5,7,11-14,17-20,23-26,29,31,46-47,52H,3-4,6,8-10,15-16,21-22,27-28,30,32-45H2,1-2H3,(H,51,53)(H,55,56)(H,57,58)/b7-5-,13-11-,14-12-,19-17-,20-18-,25-23-,26-24-,31-29-. The van der Waals surface area contributed by atoms with Crippen molar-refractivity contribution in [2.45, 2.75) is 180 Å². The van der Waals surface area contributed by atoms with Crippen LogP contribution in [0, 0.1) is 0 Å². The quantitative estimate of drug-likeness (QED) is 0.0200. The molecule has 0 saturated carbocycles. The average Bonchev–Trinajstić information content (AvgIpc) is 3.25. The van der Waals surface area contributed by atoms with Gasteiger partial charge in [0.05, 0.1) is 13.2 Å². The highest BCUT2D eigenvalue weighted by Crippen LogP contribution is 2.43. The first-order valence-corrected chi connectivity index (χ1v) is 24.8. The molecule has 0 aromatic heterocycles. The highest BCUT2D eigenvalue weighted by atomic mass is 31.2. The third-order valence-corrected chi connectivity index (χ3v) is 10.3. The number of phosphoric ester groups is 1. The number of ether oxygens (including phenoxy) is 1. The topological polar surface area (TPSA) is 169 Å². The Balaban J connectivity index is 3.98. The number of carboxylic acid groups (broad SMARTS) is 1. The van der Waals surface area contributed by atoms with E-state index in [4.69, 9.17) is 13.8 Å². The molecule has 3 atom stereocenters. The predicted octanol–water partition coefficient (Wildman–Crippen LogP) is 12.4. The summed E-state index contributed by atoms with van der Waals surface area (Å²) in [5.74, 6) is -2.45. The van der Waals surface area contributed by atoms with Gasteiger partial charge in [-0.15, -0.1) is 0 Å².